The Bertz CT molecular complexity index is 1050. The van der Waals surface area contributed by atoms with Gasteiger partial charge in [-0.1, -0.05) is 80.9 Å². The average molecular weight is 526 g/mol. The first-order valence-corrected chi connectivity index (χ1v) is 13.1. The van der Waals surface area contributed by atoms with Crippen LogP contribution in [0.4, 0.5) is 0 Å². The molecule has 0 saturated carbocycles. The number of carbonyl (C=O) groups is 3. The third kappa shape index (κ3) is 8.75. The summed E-state index contributed by atoms with van der Waals surface area (Å²) in [7, 11) is 0. The molecule has 0 unspecified atom stereocenters. The van der Waals surface area contributed by atoms with Gasteiger partial charge in [0, 0.05) is 12.5 Å². The van der Waals surface area contributed by atoms with Gasteiger partial charge in [-0.25, -0.2) is 0 Å². The molecular weight excluding hydrogens is 482 g/mol. The van der Waals surface area contributed by atoms with E-state index in [0.29, 0.717) is 18.4 Å². The number of aliphatic hydroxyl groups excluding tert-OH is 1. The van der Waals surface area contributed by atoms with E-state index in [1.165, 1.54) is 0 Å². The van der Waals surface area contributed by atoms with Gasteiger partial charge in [0.15, 0.2) is 5.41 Å². The van der Waals surface area contributed by atoms with Gasteiger partial charge in [0.25, 0.3) is 0 Å². The van der Waals surface area contributed by atoms with E-state index in [1.54, 1.807) is 45.0 Å². The normalized spacial score (nSPS) is 16.4. The topological polar surface area (TPSA) is 145 Å². The van der Waals surface area contributed by atoms with Crippen molar-refractivity contribution in [2.24, 2.45) is 22.8 Å². The van der Waals surface area contributed by atoms with E-state index in [1.807, 2.05) is 50.2 Å². The van der Waals surface area contributed by atoms with Crippen LogP contribution in [0.25, 0.3) is 0 Å². The van der Waals surface area contributed by atoms with Gasteiger partial charge in [-0.15, -0.1) is 0 Å². The molecule has 0 radical (unpaired) electrons. The van der Waals surface area contributed by atoms with Gasteiger partial charge in [0.05, 0.1) is 12.1 Å². The summed E-state index contributed by atoms with van der Waals surface area (Å²) >= 11 is 0. The zero-order valence-electron chi connectivity index (χ0n) is 23.1. The van der Waals surface area contributed by atoms with E-state index in [0.717, 1.165) is 5.56 Å². The van der Waals surface area contributed by atoms with Crippen LogP contribution in [-0.4, -0.2) is 46.7 Å². The van der Waals surface area contributed by atoms with Gasteiger partial charge in [-0.05, 0) is 50.7 Å². The van der Waals surface area contributed by atoms with Crippen molar-refractivity contribution in [2.75, 3.05) is 0 Å². The molecule has 2 rings (SSSR count). The van der Waals surface area contributed by atoms with Crippen LogP contribution in [0.15, 0.2) is 60.7 Å². The fraction of sp³-hybridized carbons (Fsp3) is 0.500. The minimum atomic E-state index is -1.94. The molecule has 0 aliphatic carbocycles. The van der Waals surface area contributed by atoms with Gasteiger partial charge in [-0.3, -0.25) is 19.7 Å². The number of nitrogens with two attached hydrogens (primary N) is 2. The third-order valence-corrected chi connectivity index (χ3v) is 6.74. The zero-order chi connectivity index (χ0) is 28.5. The number of carbonyl (C=O) groups excluding carboxylic acids is 3. The maximum Gasteiger partial charge on any atom is 0.322 e. The van der Waals surface area contributed by atoms with Gasteiger partial charge >= 0.3 is 5.97 Å². The summed E-state index contributed by atoms with van der Waals surface area (Å²) in [4.78, 5) is 40.6. The minimum absolute atomic E-state index is 0.102. The van der Waals surface area contributed by atoms with E-state index < -0.39 is 47.0 Å². The van der Waals surface area contributed by atoms with Crippen LogP contribution in [0.1, 0.15) is 58.6 Å². The molecular formula is C30H43N3O5. The molecule has 0 aromatic heterocycles. The van der Waals surface area contributed by atoms with Crippen LogP contribution in [-0.2, 0) is 32.0 Å². The van der Waals surface area contributed by atoms with E-state index in [-0.39, 0.29) is 18.8 Å². The first-order valence-electron chi connectivity index (χ1n) is 13.1. The van der Waals surface area contributed by atoms with Gasteiger partial charge in [-0.2, -0.15) is 0 Å². The Morgan fingerprint density at radius 3 is 1.97 bits per heavy atom. The molecule has 6 N–H and O–H groups in total. The molecule has 5 atom stereocenters. The van der Waals surface area contributed by atoms with Crippen LogP contribution in [0, 0.1) is 11.3 Å². The molecule has 2 aromatic rings. The van der Waals surface area contributed by atoms with E-state index in [9.17, 15) is 19.5 Å². The largest absolute Gasteiger partial charge is 0.459 e. The fourth-order valence-corrected chi connectivity index (χ4v) is 4.17. The zero-order valence-corrected chi connectivity index (χ0v) is 23.1. The lowest BCUT2D eigenvalue weighted by Crippen LogP contribution is -2.57. The van der Waals surface area contributed by atoms with Crippen LogP contribution in [0.2, 0.25) is 0 Å². The molecule has 8 nitrogen and oxygen atoms in total. The fourth-order valence-electron chi connectivity index (χ4n) is 4.17. The molecule has 0 fully saturated rings. The summed E-state index contributed by atoms with van der Waals surface area (Å²) in [6, 6.07) is 16.6. The predicted molar refractivity (Wildman–Crippen MR) is 148 cm³/mol. The molecule has 8 heteroatoms. The Hall–Kier alpha value is -3.07. The first kappa shape index (κ1) is 31.1. The molecule has 0 heterocycles. The standard InChI is InChI=1S/C30H43N3O5/c1-6-20(2)25(32)26(35)33-27(36)30(28(37)38-29(3,4)5,18-22-15-11-8-12-16-22)19-24(34)23(31)17-21-13-9-7-10-14-21/h7-16,20,23-25,34H,6,17-19,31-32H2,1-5H3,(H,33,35,36)/t20-,23-,24-,25-,30+/m0/s1. The summed E-state index contributed by atoms with van der Waals surface area (Å²) in [5.74, 6) is -2.58. The van der Waals surface area contributed by atoms with Gasteiger partial charge in [0.2, 0.25) is 11.8 Å². The molecule has 0 saturated heterocycles. The molecule has 0 aliphatic rings. The maximum atomic E-state index is 13.9. The van der Waals surface area contributed by atoms with Crippen molar-refractivity contribution in [3.63, 3.8) is 0 Å². The van der Waals surface area contributed by atoms with Crippen molar-refractivity contribution in [2.45, 2.75) is 84.1 Å². The first-order chi connectivity index (χ1) is 17.8. The number of nitrogens with one attached hydrogen (secondary N) is 1. The molecule has 0 bridgehead atoms. The summed E-state index contributed by atoms with van der Waals surface area (Å²) in [6.45, 7) is 8.78. The van der Waals surface area contributed by atoms with Crippen molar-refractivity contribution in [1.29, 1.82) is 0 Å². The Kier molecular flexibility index (Phi) is 11.2. The number of ether oxygens (including phenoxy) is 1. The van der Waals surface area contributed by atoms with E-state index in [4.69, 9.17) is 16.2 Å². The number of amides is 2. The summed E-state index contributed by atoms with van der Waals surface area (Å²) < 4.78 is 5.71. The number of imide groups is 1. The highest BCUT2D eigenvalue weighted by molar-refractivity contribution is 6.09. The smallest absolute Gasteiger partial charge is 0.322 e. The Balaban J connectivity index is 2.50. The van der Waals surface area contributed by atoms with Crippen molar-refractivity contribution in [1.82, 2.24) is 5.32 Å². The van der Waals surface area contributed by atoms with E-state index >= 15 is 0 Å². The second-order valence-corrected chi connectivity index (χ2v) is 11.1. The lowest BCUT2D eigenvalue weighted by atomic mass is 9.74. The number of hydrogen-bond acceptors (Lipinski definition) is 7. The van der Waals surface area contributed by atoms with Crippen LogP contribution in [0.3, 0.4) is 0 Å². The van der Waals surface area contributed by atoms with E-state index in [2.05, 4.69) is 5.32 Å². The number of esters is 1. The molecule has 208 valence electrons. The molecule has 38 heavy (non-hydrogen) atoms. The number of benzene rings is 2. The highest BCUT2D eigenvalue weighted by Crippen LogP contribution is 2.34. The van der Waals surface area contributed by atoms with Gasteiger partial charge in [0.1, 0.15) is 5.60 Å². The molecule has 0 spiro atoms. The molecule has 2 aromatic carbocycles. The van der Waals surface area contributed by atoms with Crippen molar-refractivity contribution < 1.29 is 24.2 Å². The lowest BCUT2D eigenvalue weighted by molar-refractivity contribution is -0.173. The number of rotatable bonds is 12. The molecule has 2 amide bonds. The summed E-state index contributed by atoms with van der Waals surface area (Å²) in [5, 5.41) is 13.6. The van der Waals surface area contributed by atoms with Crippen molar-refractivity contribution in [3.05, 3.63) is 71.8 Å². The van der Waals surface area contributed by atoms with Crippen molar-refractivity contribution >= 4 is 17.8 Å². The SMILES string of the molecule is CC[C@H](C)[C@H](N)C(=O)NC(=O)[C@@](Cc1ccccc1)(C[C@H](O)[C@@H](N)Cc1ccccc1)C(=O)OC(C)(C)C. The molecule has 0 aliphatic heterocycles. The summed E-state index contributed by atoms with van der Waals surface area (Å²) in [6.07, 6.45) is -0.734. The van der Waals surface area contributed by atoms with Crippen molar-refractivity contribution in [3.8, 4) is 0 Å². The quantitative estimate of drug-likeness (QED) is 0.246. The number of aliphatic hydroxyl groups is 1. The predicted octanol–water partition coefficient (Wildman–Crippen LogP) is 2.89. The maximum absolute atomic E-state index is 13.9. The minimum Gasteiger partial charge on any atom is -0.459 e. The number of hydrogen-bond donors (Lipinski definition) is 4. The highest BCUT2D eigenvalue weighted by Gasteiger charge is 2.51. The average Bonchev–Trinajstić information content (AvgIpc) is 2.87. The third-order valence-electron chi connectivity index (χ3n) is 6.74. The Morgan fingerprint density at radius 1 is 0.947 bits per heavy atom. The summed E-state index contributed by atoms with van der Waals surface area (Å²) in [5.41, 5.74) is 11.2. The van der Waals surface area contributed by atoms with Crippen LogP contribution < -0.4 is 16.8 Å². The van der Waals surface area contributed by atoms with Crippen LogP contribution >= 0.6 is 0 Å². The Labute approximate surface area is 226 Å². The monoisotopic (exact) mass is 525 g/mol. The Morgan fingerprint density at radius 2 is 1.47 bits per heavy atom. The van der Waals surface area contributed by atoms with Gasteiger partial charge < -0.3 is 21.3 Å². The van der Waals surface area contributed by atoms with Crippen LogP contribution in [0.5, 0.6) is 0 Å². The highest BCUT2D eigenvalue weighted by atomic mass is 16.6. The lowest BCUT2D eigenvalue weighted by Gasteiger charge is -2.36. The second kappa shape index (κ2) is 13.6. The second-order valence-electron chi connectivity index (χ2n) is 11.1.